The van der Waals surface area contributed by atoms with E-state index in [0.717, 1.165) is 122 Å². The molecule has 0 aliphatic heterocycles. The van der Waals surface area contributed by atoms with E-state index in [9.17, 15) is 14.4 Å². The van der Waals surface area contributed by atoms with Crippen molar-refractivity contribution in [2.45, 2.75) is 322 Å². The van der Waals surface area contributed by atoms with Gasteiger partial charge in [-0.25, -0.2) is 0 Å². The fourth-order valence-electron chi connectivity index (χ4n) is 9.28. The van der Waals surface area contributed by atoms with Crippen LogP contribution in [0.5, 0.6) is 0 Å². The predicted octanol–water partition coefficient (Wildman–Crippen LogP) is 23.0. The summed E-state index contributed by atoms with van der Waals surface area (Å²) < 4.78 is 16.9. The highest BCUT2D eigenvalue weighted by Gasteiger charge is 2.19. The Hall–Kier alpha value is -3.93. The second kappa shape index (κ2) is 66.6. The van der Waals surface area contributed by atoms with Crippen molar-refractivity contribution in [1.82, 2.24) is 0 Å². The summed E-state index contributed by atoms with van der Waals surface area (Å²) in [6, 6.07) is 0. The smallest absolute Gasteiger partial charge is 0.306 e. The van der Waals surface area contributed by atoms with E-state index in [1.165, 1.54) is 154 Å². The third-order valence-corrected chi connectivity index (χ3v) is 14.3. The average molecular weight is 1100 g/mol. The predicted molar refractivity (Wildman–Crippen MR) is 343 cm³/mol. The molecule has 79 heavy (non-hydrogen) atoms. The van der Waals surface area contributed by atoms with Crippen LogP contribution >= 0.6 is 0 Å². The summed E-state index contributed by atoms with van der Waals surface area (Å²) in [5, 5.41) is 0. The van der Waals surface area contributed by atoms with Gasteiger partial charge in [0.05, 0.1) is 0 Å². The molecular formula is C73H124O6. The number of esters is 3. The maximum absolute atomic E-state index is 12.9. The molecular weight excluding hydrogens is 973 g/mol. The van der Waals surface area contributed by atoms with Gasteiger partial charge in [0.25, 0.3) is 0 Å². The standard InChI is InChI=1S/C73H124O6/c1-4-7-10-13-16-19-22-25-28-30-32-33-34-35-36-37-38-39-40-41-42-44-45-48-51-54-57-60-63-66-72(75)78-69-70(68-77-71(74)65-62-59-56-53-50-47-27-24-21-18-15-12-9-6-3)79-73(76)67-64-61-58-55-52-49-46-43-31-29-26-23-20-17-14-11-8-5-2/h7,10,16,19-20,23,25,28-29,31-33,35-36,38-39,41-42,70H,4-6,8-9,11-15,17-18,21-22,24,26-27,30,34,37,40,43-69H2,1-3H3/b10-7-,19-16-,23-20-,28-25-,31-29-,33-32-,36-35-,39-38-,42-41-. The molecule has 1 unspecified atom stereocenters. The lowest BCUT2D eigenvalue weighted by atomic mass is 10.0. The molecule has 0 radical (unpaired) electrons. The van der Waals surface area contributed by atoms with Crippen molar-refractivity contribution in [3.63, 3.8) is 0 Å². The van der Waals surface area contributed by atoms with Gasteiger partial charge in [0.2, 0.25) is 0 Å². The number of ether oxygens (including phenoxy) is 3. The van der Waals surface area contributed by atoms with Gasteiger partial charge >= 0.3 is 17.9 Å². The van der Waals surface area contributed by atoms with E-state index in [-0.39, 0.29) is 31.1 Å². The highest BCUT2D eigenvalue weighted by atomic mass is 16.6. The third kappa shape index (κ3) is 64.8. The van der Waals surface area contributed by atoms with Crippen LogP contribution < -0.4 is 0 Å². The molecule has 0 bridgehead atoms. The first-order chi connectivity index (χ1) is 39.0. The summed E-state index contributed by atoms with van der Waals surface area (Å²) in [5.74, 6) is -0.891. The van der Waals surface area contributed by atoms with E-state index in [0.29, 0.717) is 19.3 Å². The molecule has 0 spiro atoms. The number of allylic oxidation sites excluding steroid dienone is 18. The minimum absolute atomic E-state index is 0.0826. The van der Waals surface area contributed by atoms with Crippen molar-refractivity contribution in [2.75, 3.05) is 13.2 Å². The summed E-state index contributed by atoms with van der Waals surface area (Å²) in [5.41, 5.74) is 0. The topological polar surface area (TPSA) is 78.9 Å². The normalized spacial score (nSPS) is 12.8. The van der Waals surface area contributed by atoms with Crippen LogP contribution in [0.15, 0.2) is 109 Å². The zero-order chi connectivity index (χ0) is 57.1. The maximum atomic E-state index is 12.9. The number of rotatable bonds is 60. The van der Waals surface area contributed by atoms with E-state index in [2.05, 4.69) is 130 Å². The first kappa shape index (κ1) is 75.1. The molecule has 0 rings (SSSR count). The minimum atomic E-state index is -0.788. The molecule has 0 aromatic carbocycles. The molecule has 1 atom stereocenters. The van der Waals surface area contributed by atoms with Gasteiger partial charge in [-0.1, -0.05) is 297 Å². The molecule has 0 amide bonds. The van der Waals surface area contributed by atoms with Crippen molar-refractivity contribution < 1.29 is 28.6 Å². The summed E-state index contributed by atoms with van der Waals surface area (Å²) in [4.78, 5) is 38.4. The molecule has 0 saturated carbocycles. The molecule has 6 nitrogen and oxygen atoms in total. The monoisotopic (exact) mass is 1100 g/mol. The highest BCUT2D eigenvalue weighted by molar-refractivity contribution is 5.71. The molecule has 0 aliphatic carbocycles. The van der Waals surface area contributed by atoms with Crippen molar-refractivity contribution >= 4 is 17.9 Å². The Balaban J connectivity index is 4.35. The van der Waals surface area contributed by atoms with E-state index in [1.54, 1.807) is 0 Å². The fraction of sp³-hybridized carbons (Fsp3) is 0.712. The van der Waals surface area contributed by atoms with Crippen LogP contribution in [0.3, 0.4) is 0 Å². The summed E-state index contributed by atoms with van der Waals surface area (Å²) >= 11 is 0. The van der Waals surface area contributed by atoms with Crippen LogP contribution in [-0.4, -0.2) is 37.2 Å². The molecule has 0 heterocycles. The molecule has 0 aromatic rings. The lowest BCUT2D eigenvalue weighted by Crippen LogP contribution is -2.30. The third-order valence-electron chi connectivity index (χ3n) is 14.3. The van der Waals surface area contributed by atoms with Gasteiger partial charge in [-0.05, 0) is 109 Å². The first-order valence-corrected chi connectivity index (χ1v) is 33.4. The number of hydrogen-bond acceptors (Lipinski definition) is 6. The number of unbranched alkanes of at least 4 members (excludes halogenated alkanes) is 31. The lowest BCUT2D eigenvalue weighted by Gasteiger charge is -2.18. The van der Waals surface area contributed by atoms with Crippen molar-refractivity contribution in [1.29, 1.82) is 0 Å². The van der Waals surface area contributed by atoms with Gasteiger partial charge in [0, 0.05) is 19.3 Å². The van der Waals surface area contributed by atoms with Crippen LogP contribution in [0.4, 0.5) is 0 Å². The van der Waals surface area contributed by atoms with Gasteiger partial charge in [-0.3, -0.25) is 14.4 Å². The van der Waals surface area contributed by atoms with Crippen LogP contribution in [0.1, 0.15) is 316 Å². The first-order valence-electron chi connectivity index (χ1n) is 33.4. The van der Waals surface area contributed by atoms with Gasteiger partial charge in [0.1, 0.15) is 13.2 Å². The Kier molecular flexibility index (Phi) is 63.3. The van der Waals surface area contributed by atoms with Crippen LogP contribution in [0, 0.1) is 0 Å². The number of carbonyl (C=O) groups is 3. The molecule has 0 aromatic heterocycles. The van der Waals surface area contributed by atoms with Gasteiger partial charge in [0.15, 0.2) is 6.10 Å². The SMILES string of the molecule is CC/C=C\C/C=C\C/C=C\C/C=C\C/C=C\C/C=C\C/C=C\CCCCCCCCCC(=O)OCC(COC(=O)CCCCCCCCCCCCCCCC)OC(=O)CCCCCCCCC/C=C\C/C=C\CCCCCC. The minimum Gasteiger partial charge on any atom is -0.462 e. The average Bonchev–Trinajstić information content (AvgIpc) is 3.45. The molecule has 0 saturated heterocycles. The summed E-state index contributed by atoms with van der Waals surface area (Å²) in [6.07, 6.45) is 90.9. The van der Waals surface area contributed by atoms with Crippen molar-refractivity contribution in [3.8, 4) is 0 Å². The molecule has 6 heteroatoms. The number of carbonyl (C=O) groups excluding carboxylic acids is 3. The zero-order valence-corrected chi connectivity index (χ0v) is 51.9. The van der Waals surface area contributed by atoms with E-state index >= 15 is 0 Å². The molecule has 452 valence electrons. The van der Waals surface area contributed by atoms with Gasteiger partial charge < -0.3 is 14.2 Å². The Labute approximate surface area is 489 Å². The van der Waals surface area contributed by atoms with Crippen LogP contribution in [-0.2, 0) is 28.6 Å². The van der Waals surface area contributed by atoms with Crippen LogP contribution in [0.2, 0.25) is 0 Å². The van der Waals surface area contributed by atoms with E-state index in [1.807, 2.05) is 0 Å². The fourth-order valence-corrected chi connectivity index (χ4v) is 9.28. The zero-order valence-electron chi connectivity index (χ0n) is 51.9. The van der Waals surface area contributed by atoms with Gasteiger partial charge in [-0.15, -0.1) is 0 Å². The Morgan fingerprint density at radius 3 is 0.785 bits per heavy atom. The highest BCUT2D eigenvalue weighted by Crippen LogP contribution is 2.16. The lowest BCUT2D eigenvalue weighted by molar-refractivity contribution is -0.167. The Bertz CT molecular complexity index is 1590. The summed E-state index contributed by atoms with van der Waals surface area (Å²) in [6.45, 7) is 6.52. The van der Waals surface area contributed by atoms with Gasteiger partial charge in [-0.2, -0.15) is 0 Å². The quantitative estimate of drug-likeness (QED) is 0.0261. The second-order valence-corrected chi connectivity index (χ2v) is 22.0. The van der Waals surface area contributed by atoms with Crippen LogP contribution in [0.25, 0.3) is 0 Å². The Morgan fingerprint density at radius 2 is 0.494 bits per heavy atom. The maximum Gasteiger partial charge on any atom is 0.306 e. The van der Waals surface area contributed by atoms with E-state index < -0.39 is 6.10 Å². The summed E-state index contributed by atoms with van der Waals surface area (Å²) in [7, 11) is 0. The second-order valence-electron chi connectivity index (χ2n) is 22.0. The number of hydrogen-bond donors (Lipinski definition) is 0. The molecule has 0 N–H and O–H groups in total. The largest absolute Gasteiger partial charge is 0.462 e. The Morgan fingerprint density at radius 1 is 0.266 bits per heavy atom. The molecule has 0 aliphatic rings. The van der Waals surface area contributed by atoms with E-state index in [4.69, 9.17) is 14.2 Å². The van der Waals surface area contributed by atoms with Crippen molar-refractivity contribution in [3.05, 3.63) is 109 Å². The van der Waals surface area contributed by atoms with Crippen molar-refractivity contribution in [2.24, 2.45) is 0 Å². The molecule has 0 fully saturated rings.